The molecule has 3 N–H and O–H groups in total. The van der Waals surface area contributed by atoms with Crippen LogP contribution in [0, 0.1) is 6.92 Å². The Balaban J connectivity index is 2.27. The van der Waals surface area contributed by atoms with Gasteiger partial charge in [-0.15, -0.1) is 0 Å². The number of aromatic hydroxyl groups is 1. The fourth-order valence-electron chi connectivity index (χ4n) is 2.38. The molecule has 1 unspecified atom stereocenters. The lowest BCUT2D eigenvalue weighted by Crippen LogP contribution is -2.44. The van der Waals surface area contributed by atoms with Gasteiger partial charge in [0.25, 0.3) is 0 Å². The summed E-state index contributed by atoms with van der Waals surface area (Å²) in [7, 11) is -4.10. The monoisotopic (exact) mass is 462 g/mol. The van der Waals surface area contributed by atoms with Crippen LogP contribution in [0.15, 0.2) is 41.3 Å². The van der Waals surface area contributed by atoms with Crippen LogP contribution < -0.4 is 10.0 Å². The van der Waals surface area contributed by atoms with Crippen molar-refractivity contribution < 1.29 is 18.3 Å². The molecule has 2 aromatic carbocycles. The highest BCUT2D eigenvalue weighted by Crippen LogP contribution is 2.26. The standard InChI is InChI=1S/C18H20Cl2N2O4S2/c1-11-3-6-14(16(23)9-11)21-18(24)15(7-8-27-2)22-28(25,26)17-10-12(19)4-5-13(17)20/h3-6,9-10,15,22-23H,7-8H2,1-2H3,(H,21,24). The highest BCUT2D eigenvalue weighted by atomic mass is 35.5. The van der Waals surface area contributed by atoms with Crippen LogP contribution in [-0.2, 0) is 14.8 Å². The third-order valence-electron chi connectivity index (χ3n) is 3.82. The van der Waals surface area contributed by atoms with Crippen molar-refractivity contribution in [2.24, 2.45) is 0 Å². The topological polar surface area (TPSA) is 95.5 Å². The van der Waals surface area contributed by atoms with Gasteiger partial charge in [0, 0.05) is 5.02 Å². The van der Waals surface area contributed by atoms with E-state index in [2.05, 4.69) is 10.0 Å². The fourth-order valence-corrected chi connectivity index (χ4v) is 4.84. The van der Waals surface area contributed by atoms with Gasteiger partial charge in [0.2, 0.25) is 15.9 Å². The lowest BCUT2D eigenvalue weighted by atomic mass is 10.2. The molecule has 28 heavy (non-hydrogen) atoms. The summed E-state index contributed by atoms with van der Waals surface area (Å²) in [6.07, 6.45) is 2.10. The van der Waals surface area contributed by atoms with Crippen molar-refractivity contribution in [3.8, 4) is 5.75 Å². The molecule has 0 bridgehead atoms. The molecule has 0 aromatic heterocycles. The summed E-state index contributed by atoms with van der Waals surface area (Å²) >= 11 is 13.4. The van der Waals surface area contributed by atoms with Crippen LogP contribution in [0.3, 0.4) is 0 Å². The van der Waals surface area contributed by atoms with Gasteiger partial charge in [-0.2, -0.15) is 16.5 Å². The molecule has 0 fully saturated rings. The van der Waals surface area contributed by atoms with E-state index in [0.29, 0.717) is 5.75 Å². The van der Waals surface area contributed by atoms with Gasteiger partial charge in [-0.1, -0.05) is 29.3 Å². The molecular weight excluding hydrogens is 443 g/mol. The number of aryl methyl sites for hydroxylation is 1. The predicted octanol–water partition coefficient (Wildman–Crippen LogP) is 4.05. The number of hydrogen-bond acceptors (Lipinski definition) is 5. The molecule has 10 heteroatoms. The minimum atomic E-state index is -4.10. The number of phenolic OH excluding ortho intramolecular Hbond substituents is 1. The maximum Gasteiger partial charge on any atom is 0.242 e. The Kier molecular flexibility index (Phi) is 8.03. The SMILES string of the molecule is CSCCC(NS(=O)(=O)c1cc(Cl)ccc1Cl)C(=O)Nc1ccc(C)cc1O. The Bertz CT molecular complexity index is 968. The summed E-state index contributed by atoms with van der Waals surface area (Å²) < 4.78 is 27.9. The average Bonchev–Trinajstić information content (AvgIpc) is 2.62. The number of halogens is 2. The van der Waals surface area contributed by atoms with Crippen molar-refractivity contribution in [1.82, 2.24) is 4.72 Å². The van der Waals surface area contributed by atoms with E-state index in [0.717, 1.165) is 5.56 Å². The second kappa shape index (κ2) is 9.84. The van der Waals surface area contributed by atoms with Gasteiger partial charge in [-0.25, -0.2) is 8.42 Å². The van der Waals surface area contributed by atoms with Gasteiger partial charge in [-0.3, -0.25) is 4.79 Å². The summed E-state index contributed by atoms with van der Waals surface area (Å²) in [5.41, 5.74) is 1.02. The first-order chi connectivity index (χ1) is 13.1. The number of amides is 1. The quantitative estimate of drug-likeness (QED) is 0.514. The molecule has 2 rings (SSSR count). The first-order valence-corrected chi connectivity index (χ1v) is 11.8. The van der Waals surface area contributed by atoms with Crippen molar-refractivity contribution in [2.45, 2.75) is 24.3 Å². The second-order valence-corrected chi connectivity index (χ2v) is 9.55. The van der Waals surface area contributed by atoms with Gasteiger partial charge < -0.3 is 10.4 Å². The Morgan fingerprint density at radius 1 is 1.21 bits per heavy atom. The number of sulfonamides is 1. The molecule has 152 valence electrons. The van der Waals surface area contributed by atoms with Crippen LogP contribution in [0.25, 0.3) is 0 Å². The minimum Gasteiger partial charge on any atom is -0.506 e. The van der Waals surface area contributed by atoms with Crippen LogP contribution in [0.1, 0.15) is 12.0 Å². The molecule has 0 radical (unpaired) electrons. The van der Waals surface area contributed by atoms with E-state index in [1.165, 1.54) is 36.0 Å². The summed E-state index contributed by atoms with van der Waals surface area (Å²) in [4.78, 5) is 12.5. The third kappa shape index (κ3) is 6.02. The normalized spacial score (nSPS) is 12.6. The summed E-state index contributed by atoms with van der Waals surface area (Å²) in [5.74, 6) is -0.142. The Hall–Kier alpha value is -1.45. The number of carbonyl (C=O) groups excluding carboxylic acids is 1. The Labute approximate surface area is 178 Å². The van der Waals surface area contributed by atoms with Crippen LogP contribution >= 0.6 is 35.0 Å². The predicted molar refractivity (Wildman–Crippen MR) is 115 cm³/mol. The molecule has 0 aliphatic rings. The minimum absolute atomic E-state index is 0.00268. The maximum absolute atomic E-state index is 12.8. The molecule has 0 aliphatic heterocycles. The maximum atomic E-state index is 12.8. The molecule has 1 atom stereocenters. The van der Waals surface area contributed by atoms with Gasteiger partial charge in [0.15, 0.2) is 0 Å². The summed E-state index contributed by atoms with van der Waals surface area (Å²) in [6.45, 7) is 1.80. The zero-order chi connectivity index (χ0) is 20.9. The largest absolute Gasteiger partial charge is 0.506 e. The number of thioether (sulfide) groups is 1. The van der Waals surface area contributed by atoms with E-state index in [-0.39, 0.29) is 32.8 Å². The highest BCUT2D eigenvalue weighted by molar-refractivity contribution is 7.98. The second-order valence-electron chi connectivity index (χ2n) is 6.04. The Morgan fingerprint density at radius 3 is 2.57 bits per heavy atom. The molecule has 6 nitrogen and oxygen atoms in total. The molecule has 0 saturated carbocycles. The molecule has 0 spiro atoms. The van der Waals surface area contributed by atoms with E-state index in [9.17, 15) is 18.3 Å². The van der Waals surface area contributed by atoms with Crippen LogP contribution in [0.2, 0.25) is 10.0 Å². The number of hydrogen-bond donors (Lipinski definition) is 3. The van der Waals surface area contributed by atoms with E-state index < -0.39 is 22.0 Å². The van der Waals surface area contributed by atoms with E-state index in [1.54, 1.807) is 19.1 Å². The van der Waals surface area contributed by atoms with Gasteiger partial charge in [0.1, 0.15) is 16.7 Å². The van der Waals surface area contributed by atoms with Crippen LogP contribution in [0.4, 0.5) is 5.69 Å². The van der Waals surface area contributed by atoms with Crippen molar-refractivity contribution in [3.05, 3.63) is 52.0 Å². The van der Waals surface area contributed by atoms with Crippen LogP contribution in [0.5, 0.6) is 5.75 Å². The van der Waals surface area contributed by atoms with Crippen molar-refractivity contribution in [1.29, 1.82) is 0 Å². The van der Waals surface area contributed by atoms with Gasteiger partial charge in [-0.05, 0) is 61.2 Å². The smallest absolute Gasteiger partial charge is 0.242 e. The number of anilines is 1. The van der Waals surface area contributed by atoms with Crippen molar-refractivity contribution in [2.75, 3.05) is 17.3 Å². The lowest BCUT2D eigenvalue weighted by Gasteiger charge is -2.19. The fraction of sp³-hybridized carbons (Fsp3) is 0.278. The molecule has 0 saturated heterocycles. The molecule has 1 amide bonds. The molecular formula is C18H20Cl2N2O4S2. The lowest BCUT2D eigenvalue weighted by molar-refractivity contribution is -0.117. The highest BCUT2D eigenvalue weighted by Gasteiger charge is 2.27. The number of rotatable bonds is 8. The van der Waals surface area contributed by atoms with E-state index in [1.807, 2.05) is 6.26 Å². The number of carbonyl (C=O) groups is 1. The van der Waals surface area contributed by atoms with Crippen LogP contribution in [-0.4, -0.2) is 37.5 Å². The Morgan fingerprint density at radius 2 is 1.93 bits per heavy atom. The number of nitrogens with one attached hydrogen (secondary N) is 2. The third-order valence-corrected chi connectivity index (χ3v) is 6.65. The number of benzene rings is 2. The zero-order valence-electron chi connectivity index (χ0n) is 15.2. The zero-order valence-corrected chi connectivity index (χ0v) is 18.3. The molecule has 0 heterocycles. The summed E-state index contributed by atoms with van der Waals surface area (Å²) in [6, 6.07) is 7.79. The van der Waals surface area contributed by atoms with Gasteiger partial charge >= 0.3 is 0 Å². The van der Waals surface area contributed by atoms with Gasteiger partial charge in [0.05, 0.1) is 10.7 Å². The summed E-state index contributed by atoms with van der Waals surface area (Å²) in [5, 5.41) is 12.8. The van der Waals surface area contributed by atoms with Crippen molar-refractivity contribution in [3.63, 3.8) is 0 Å². The number of phenols is 1. The first kappa shape index (κ1) is 22.8. The van der Waals surface area contributed by atoms with Crippen molar-refractivity contribution >= 4 is 56.6 Å². The van der Waals surface area contributed by atoms with E-state index >= 15 is 0 Å². The first-order valence-electron chi connectivity index (χ1n) is 8.21. The molecule has 2 aromatic rings. The average molecular weight is 463 g/mol. The van der Waals surface area contributed by atoms with E-state index in [4.69, 9.17) is 23.2 Å². The molecule has 0 aliphatic carbocycles.